The summed E-state index contributed by atoms with van der Waals surface area (Å²) in [6.07, 6.45) is 0.701. The molecule has 0 unspecified atom stereocenters. The van der Waals surface area contributed by atoms with Crippen molar-refractivity contribution in [3.8, 4) is 0 Å². The number of hydrogen-bond acceptors (Lipinski definition) is 9. The lowest BCUT2D eigenvalue weighted by Crippen LogP contribution is -2.46. The number of rotatable bonds is 18. The molecule has 2 N–H and O–H groups in total. The average molecular weight is 702 g/mol. The van der Waals surface area contributed by atoms with Crippen molar-refractivity contribution in [3.63, 3.8) is 0 Å². The first-order valence-corrected chi connectivity index (χ1v) is 17.9. The lowest BCUT2D eigenvalue weighted by atomic mass is 9.86. The minimum absolute atomic E-state index is 0.0465. The summed E-state index contributed by atoms with van der Waals surface area (Å²) in [5.41, 5.74) is 0.407. The van der Waals surface area contributed by atoms with Crippen molar-refractivity contribution < 1.29 is 38.6 Å². The van der Waals surface area contributed by atoms with E-state index in [2.05, 4.69) is 10.3 Å². The van der Waals surface area contributed by atoms with Gasteiger partial charge in [-0.15, -0.1) is 11.3 Å². The minimum atomic E-state index is -0.948. The number of esters is 2. The number of hydrogen-bond donors (Lipinski definition) is 2. The van der Waals surface area contributed by atoms with Gasteiger partial charge in [-0.3, -0.25) is 24.0 Å². The molecule has 6 atom stereocenters. The Labute approximate surface area is 295 Å². The highest BCUT2D eigenvalue weighted by Crippen LogP contribution is 2.32. The second-order valence-electron chi connectivity index (χ2n) is 14.3. The van der Waals surface area contributed by atoms with E-state index in [9.17, 15) is 29.1 Å². The van der Waals surface area contributed by atoms with Gasteiger partial charge < -0.3 is 24.8 Å². The van der Waals surface area contributed by atoms with Gasteiger partial charge in [0.15, 0.2) is 6.10 Å². The summed E-state index contributed by atoms with van der Waals surface area (Å²) in [7, 11) is 1.70. The number of aliphatic carboxylic acids is 1. The fourth-order valence-corrected chi connectivity index (χ4v) is 6.56. The van der Waals surface area contributed by atoms with Crippen molar-refractivity contribution in [1.29, 1.82) is 0 Å². The standard InChI is InChI=1S/C37H55N3O8S/c1-11-23(4)28(19-32(42)48-37(7,8)9)35(44)40(10)30(22(2)3)20-31(47-25(6)41)34-39-29(21-49-34)33(43)38-27(17-24(5)36(45)46)18-26-15-13-12-14-16-26/h12-16,21-24,27-28,30-31H,11,17-20H2,1-10H3,(H,38,43)(H,45,46)/t23-,24-,27+,28-,30+,31+/m0/s1. The maximum absolute atomic E-state index is 14.0. The van der Waals surface area contributed by atoms with Gasteiger partial charge in [-0.1, -0.05) is 71.4 Å². The average Bonchev–Trinajstić information content (AvgIpc) is 3.50. The number of carbonyl (C=O) groups excluding carboxylic acids is 4. The molecule has 272 valence electrons. The fourth-order valence-electron chi connectivity index (χ4n) is 5.72. The van der Waals surface area contributed by atoms with Crippen molar-refractivity contribution >= 4 is 41.1 Å². The Kier molecular flexibility index (Phi) is 15.9. The summed E-state index contributed by atoms with van der Waals surface area (Å²) < 4.78 is 11.3. The van der Waals surface area contributed by atoms with Gasteiger partial charge in [-0.2, -0.15) is 0 Å². The van der Waals surface area contributed by atoms with E-state index in [0.717, 1.165) is 5.56 Å². The molecule has 2 aromatic rings. The van der Waals surface area contributed by atoms with E-state index < -0.39 is 59.4 Å². The van der Waals surface area contributed by atoms with Crippen molar-refractivity contribution in [3.05, 3.63) is 52.0 Å². The van der Waals surface area contributed by atoms with Gasteiger partial charge in [-0.05, 0) is 51.0 Å². The van der Waals surface area contributed by atoms with Crippen LogP contribution < -0.4 is 5.32 Å². The molecule has 0 aliphatic heterocycles. The summed E-state index contributed by atoms with van der Waals surface area (Å²) >= 11 is 1.17. The second-order valence-corrected chi connectivity index (χ2v) is 15.2. The lowest BCUT2D eigenvalue weighted by molar-refractivity contribution is -0.160. The first-order valence-electron chi connectivity index (χ1n) is 17.0. The van der Waals surface area contributed by atoms with E-state index in [1.54, 1.807) is 45.0 Å². The predicted molar refractivity (Wildman–Crippen MR) is 189 cm³/mol. The minimum Gasteiger partial charge on any atom is -0.481 e. The molecule has 2 amide bonds. The van der Waals surface area contributed by atoms with Gasteiger partial charge >= 0.3 is 17.9 Å². The van der Waals surface area contributed by atoms with Crippen LogP contribution in [0.5, 0.6) is 0 Å². The SMILES string of the molecule is CC[C@H](C)[C@H](CC(=O)OC(C)(C)C)C(=O)N(C)[C@H](C[C@@H](OC(C)=O)c1nc(C(=O)N[C@@H](Cc2ccccc2)C[C@H](C)C(=O)O)cs1)C(C)C. The molecule has 0 spiro atoms. The Bertz CT molecular complexity index is 1400. The fraction of sp³-hybridized carbons (Fsp3) is 0.622. The maximum Gasteiger partial charge on any atom is 0.307 e. The third kappa shape index (κ3) is 13.6. The molecular weight excluding hydrogens is 646 g/mol. The zero-order valence-electron chi connectivity index (χ0n) is 30.6. The molecule has 0 radical (unpaired) electrons. The van der Waals surface area contributed by atoms with Crippen LogP contribution in [-0.2, 0) is 35.1 Å². The molecule has 0 saturated carbocycles. The van der Waals surface area contributed by atoms with E-state index in [-0.39, 0.29) is 42.7 Å². The summed E-state index contributed by atoms with van der Waals surface area (Å²) in [6.45, 7) is 16.1. The first-order chi connectivity index (χ1) is 22.8. The molecule has 2 rings (SSSR count). The van der Waals surface area contributed by atoms with Crippen molar-refractivity contribution in [2.45, 2.75) is 118 Å². The molecule has 11 nitrogen and oxygen atoms in total. The van der Waals surface area contributed by atoms with Gasteiger partial charge in [0.2, 0.25) is 5.91 Å². The van der Waals surface area contributed by atoms with Crippen LogP contribution >= 0.6 is 11.3 Å². The smallest absolute Gasteiger partial charge is 0.307 e. The molecule has 0 saturated heterocycles. The highest BCUT2D eigenvalue weighted by Gasteiger charge is 2.36. The summed E-state index contributed by atoms with van der Waals surface area (Å²) in [5.74, 6) is -3.98. The Balaban J connectivity index is 2.31. The van der Waals surface area contributed by atoms with Crippen LogP contribution in [0.25, 0.3) is 0 Å². The topological polar surface area (TPSA) is 152 Å². The van der Waals surface area contributed by atoms with Gasteiger partial charge in [0.1, 0.15) is 16.3 Å². The Morgan fingerprint density at radius 1 is 1.02 bits per heavy atom. The van der Waals surface area contributed by atoms with Gasteiger partial charge in [0, 0.05) is 37.9 Å². The molecule has 0 aliphatic rings. The third-order valence-corrected chi connectivity index (χ3v) is 9.52. The second kappa shape index (κ2) is 18.8. The highest BCUT2D eigenvalue weighted by molar-refractivity contribution is 7.09. The molecule has 0 aliphatic carbocycles. The molecule has 1 heterocycles. The largest absolute Gasteiger partial charge is 0.481 e. The quantitative estimate of drug-likeness (QED) is 0.167. The van der Waals surface area contributed by atoms with Crippen molar-refractivity contribution in [2.75, 3.05) is 7.05 Å². The number of nitrogens with one attached hydrogen (secondary N) is 1. The zero-order chi connectivity index (χ0) is 37.1. The predicted octanol–water partition coefficient (Wildman–Crippen LogP) is 6.47. The van der Waals surface area contributed by atoms with Crippen LogP contribution in [-0.4, -0.2) is 69.4 Å². The number of amides is 2. The van der Waals surface area contributed by atoms with Gasteiger partial charge in [-0.25, -0.2) is 4.98 Å². The van der Waals surface area contributed by atoms with Crippen LogP contribution in [0.1, 0.15) is 115 Å². The van der Waals surface area contributed by atoms with E-state index in [0.29, 0.717) is 17.8 Å². The normalized spacial score (nSPS) is 15.3. The summed E-state index contributed by atoms with van der Waals surface area (Å²) in [6, 6.07) is 8.65. The molecule has 0 bridgehead atoms. The number of ether oxygens (including phenoxy) is 2. The van der Waals surface area contributed by atoms with Crippen LogP contribution in [0.3, 0.4) is 0 Å². The van der Waals surface area contributed by atoms with E-state index >= 15 is 0 Å². The third-order valence-electron chi connectivity index (χ3n) is 8.58. The Morgan fingerprint density at radius 2 is 1.65 bits per heavy atom. The van der Waals surface area contributed by atoms with Crippen molar-refractivity contribution in [1.82, 2.24) is 15.2 Å². The number of carboxylic acid groups (broad SMARTS) is 1. The maximum atomic E-state index is 14.0. The number of nitrogens with zero attached hydrogens (tertiary/aromatic N) is 2. The van der Waals surface area contributed by atoms with E-state index in [1.807, 2.05) is 58.0 Å². The van der Waals surface area contributed by atoms with Crippen LogP contribution in [0.15, 0.2) is 35.7 Å². The Morgan fingerprint density at radius 3 is 2.18 bits per heavy atom. The van der Waals surface area contributed by atoms with E-state index in [1.165, 1.54) is 18.3 Å². The molecule has 1 aromatic heterocycles. The summed E-state index contributed by atoms with van der Waals surface area (Å²) in [5, 5.41) is 14.4. The van der Waals surface area contributed by atoms with Crippen LogP contribution in [0.2, 0.25) is 0 Å². The molecule has 0 fully saturated rings. The zero-order valence-corrected chi connectivity index (χ0v) is 31.5. The van der Waals surface area contributed by atoms with Gasteiger partial charge in [0.25, 0.3) is 5.91 Å². The number of carbonyl (C=O) groups is 5. The molecular formula is C37H55N3O8S. The first kappa shape index (κ1) is 41.4. The summed E-state index contributed by atoms with van der Waals surface area (Å²) in [4.78, 5) is 70.3. The number of aromatic nitrogens is 1. The molecule has 1 aromatic carbocycles. The molecule has 49 heavy (non-hydrogen) atoms. The monoisotopic (exact) mass is 701 g/mol. The molecule has 12 heteroatoms. The van der Waals surface area contributed by atoms with Crippen LogP contribution in [0.4, 0.5) is 0 Å². The number of benzene rings is 1. The highest BCUT2D eigenvalue weighted by atomic mass is 32.1. The lowest BCUT2D eigenvalue weighted by Gasteiger charge is -2.36. The number of thiazole rings is 1. The van der Waals surface area contributed by atoms with Gasteiger partial charge in [0.05, 0.1) is 18.3 Å². The van der Waals surface area contributed by atoms with Crippen molar-refractivity contribution in [2.24, 2.45) is 23.7 Å². The Hall–Kier alpha value is -3.80. The number of carboxylic acids is 1. The van der Waals surface area contributed by atoms with Crippen LogP contribution in [0, 0.1) is 23.7 Å². The van der Waals surface area contributed by atoms with E-state index in [4.69, 9.17) is 9.47 Å².